The fraction of sp³-hybridized carbons (Fsp3) is 1.00. The van der Waals surface area contributed by atoms with Crippen molar-refractivity contribution in [1.82, 2.24) is 4.90 Å². The summed E-state index contributed by atoms with van der Waals surface area (Å²) >= 11 is 1.93. The molecule has 0 saturated heterocycles. The summed E-state index contributed by atoms with van der Waals surface area (Å²) in [4.78, 5) is 2.54. The van der Waals surface area contributed by atoms with Crippen LogP contribution >= 0.6 is 11.8 Å². The Morgan fingerprint density at radius 1 is 1.47 bits per heavy atom. The molecule has 0 heterocycles. The van der Waals surface area contributed by atoms with Gasteiger partial charge in [0.25, 0.3) is 0 Å². The Kier molecular flexibility index (Phi) is 6.32. The zero-order chi connectivity index (χ0) is 12.9. The first-order valence-corrected chi connectivity index (χ1v) is 8.35. The second-order valence-corrected chi connectivity index (χ2v) is 6.93. The Morgan fingerprint density at radius 2 is 2.18 bits per heavy atom. The fourth-order valence-electron chi connectivity index (χ4n) is 3.11. The number of rotatable bonds is 6. The molecule has 0 aromatic rings. The first-order chi connectivity index (χ1) is 8.05. The molecule has 0 aromatic carbocycles. The van der Waals surface area contributed by atoms with Crippen LogP contribution in [0.5, 0.6) is 0 Å². The van der Waals surface area contributed by atoms with Crippen LogP contribution in [0.25, 0.3) is 0 Å². The molecule has 0 radical (unpaired) electrons. The summed E-state index contributed by atoms with van der Waals surface area (Å²) in [6.45, 7) is 6.71. The van der Waals surface area contributed by atoms with Gasteiger partial charge < -0.3 is 5.73 Å². The highest BCUT2D eigenvalue weighted by atomic mass is 32.2. The van der Waals surface area contributed by atoms with Gasteiger partial charge in [-0.3, -0.25) is 4.90 Å². The summed E-state index contributed by atoms with van der Waals surface area (Å²) in [7, 11) is 2.27. The molecule has 102 valence electrons. The first kappa shape index (κ1) is 15.3. The number of nitrogens with two attached hydrogens (primary N) is 1. The summed E-state index contributed by atoms with van der Waals surface area (Å²) in [5, 5.41) is 0. The molecule has 0 spiro atoms. The van der Waals surface area contributed by atoms with Crippen LogP contribution in [0.15, 0.2) is 0 Å². The Hall–Kier alpha value is 0.270. The van der Waals surface area contributed by atoms with Crippen molar-refractivity contribution in [2.24, 2.45) is 17.6 Å². The topological polar surface area (TPSA) is 29.3 Å². The molecule has 1 aliphatic carbocycles. The summed E-state index contributed by atoms with van der Waals surface area (Å²) in [5.41, 5.74) is 6.41. The van der Waals surface area contributed by atoms with E-state index in [0.29, 0.717) is 0 Å². The third kappa shape index (κ3) is 3.87. The van der Waals surface area contributed by atoms with E-state index < -0.39 is 0 Å². The van der Waals surface area contributed by atoms with Crippen molar-refractivity contribution in [3.8, 4) is 0 Å². The van der Waals surface area contributed by atoms with Gasteiger partial charge in [-0.1, -0.05) is 26.7 Å². The van der Waals surface area contributed by atoms with E-state index in [1.165, 1.54) is 38.0 Å². The molecule has 2 unspecified atom stereocenters. The van der Waals surface area contributed by atoms with Gasteiger partial charge in [-0.15, -0.1) is 0 Å². The smallest absolute Gasteiger partial charge is 0.0331 e. The van der Waals surface area contributed by atoms with Gasteiger partial charge >= 0.3 is 0 Å². The molecule has 2 nitrogen and oxygen atoms in total. The maximum atomic E-state index is 6.12. The number of hydrogen-bond donors (Lipinski definition) is 1. The maximum absolute atomic E-state index is 6.12. The molecule has 0 bridgehead atoms. The Morgan fingerprint density at radius 3 is 2.71 bits per heavy atom. The molecular formula is C14H30N2S. The van der Waals surface area contributed by atoms with Gasteiger partial charge in [-0.25, -0.2) is 0 Å². The largest absolute Gasteiger partial charge is 0.329 e. The Labute approximate surface area is 112 Å². The quantitative estimate of drug-likeness (QED) is 0.794. The van der Waals surface area contributed by atoms with Gasteiger partial charge in [0, 0.05) is 24.4 Å². The minimum Gasteiger partial charge on any atom is -0.329 e. The predicted molar refractivity (Wildman–Crippen MR) is 79.6 cm³/mol. The Bertz CT molecular complexity index is 220. The minimum absolute atomic E-state index is 0.281. The zero-order valence-corrected chi connectivity index (χ0v) is 12.9. The second kappa shape index (κ2) is 7.01. The van der Waals surface area contributed by atoms with Crippen LogP contribution in [-0.4, -0.2) is 42.6 Å². The van der Waals surface area contributed by atoms with Crippen LogP contribution in [0.2, 0.25) is 0 Å². The average Bonchev–Trinajstić information content (AvgIpc) is 2.35. The van der Waals surface area contributed by atoms with E-state index in [1.54, 1.807) is 0 Å². The SMILES string of the molecule is CSCCN(C)C1(CN)CCCC(C(C)C)C1. The molecule has 2 N–H and O–H groups in total. The highest BCUT2D eigenvalue weighted by Crippen LogP contribution is 2.38. The van der Waals surface area contributed by atoms with E-state index in [2.05, 4.69) is 32.1 Å². The van der Waals surface area contributed by atoms with Gasteiger partial charge in [0.1, 0.15) is 0 Å². The van der Waals surface area contributed by atoms with E-state index >= 15 is 0 Å². The molecule has 1 aliphatic rings. The molecule has 0 aliphatic heterocycles. The van der Waals surface area contributed by atoms with E-state index in [1.807, 2.05) is 11.8 Å². The van der Waals surface area contributed by atoms with Gasteiger partial charge in [-0.05, 0) is 38.0 Å². The number of hydrogen-bond acceptors (Lipinski definition) is 3. The van der Waals surface area contributed by atoms with E-state index in [9.17, 15) is 0 Å². The molecule has 2 atom stereocenters. The number of likely N-dealkylation sites (N-methyl/N-ethyl adjacent to an activating group) is 1. The molecule has 3 heteroatoms. The van der Waals surface area contributed by atoms with Crippen LogP contribution < -0.4 is 5.73 Å². The van der Waals surface area contributed by atoms with Crippen LogP contribution in [0.1, 0.15) is 39.5 Å². The predicted octanol–water partition coefficient (Wildman–Crippen LogP) is 2.82. The summed E-state index contributed by atoms with van der Waals surface area (Å²) in [5.74, 6) is 2.88. The van der Waals surface area contributed by atoms with Crippen LogP contribution in [0.4, 0.5) is 0 Å². The van der Waals surface area contributed by atoms with Crippen LogP contribution in [0, 0.1) is 11.8 Å². The van der Waals surface area contributed by atoms with E-state index in [-0.39, 0.29) is 5.54 Å². The lowest BCUT2D eigenvalue weighted by molar-refractivity contribution is 0.0499. The maximum Gasteiger partial charge on any atom is 0.0331 e. The first-order valence-electron chi connectivity index (χ1n) is 6.96. The second-order valence-electron chi connectivity index (χ2n) is 5.94. The molecule has 0 aromatic heterocycles. The van der Waals surface area contributed by atoms with Crippen molar-refractivity contribution in [3.05, 3.63) is 0 Å². The monoisotopic (exact) mass is 258 g/mol. The minimum atomic E-state index is 0.281. The molecule has 1 rings (SSSR count). The normalized spacial score (nSPS) is 30.2. The van der Waals surface area contributed by atoms with Crippen molar-refractivity contribution < 1.29 is 0 Å². The fourth-order valence-corrected chi connectivity index (χ4v) is 3.56. The lowest BCUT2D eigenvalue weighted by Gasteiger charge is -2.47. The molecule has 0 amide bonds. The van der Waals surface area contributed by atoms with Gasteiger partial charge in [0.15, 0.2) is 0 Å². The van der Waals surface area contributed by atoms with Gasteiger partial charge in [-0.2, -0.15) is 11.8 Å². The van der Waals surface area contributed by atoms with Crippen molar-refractivity contribution >= 4 is 11.8 Å². The van der Waals surface area contributed by atoms with Crippen molar-refractivity contribution in [2.75, 3.05) is 32.1 Å². The van der Waals surface area contributed by atoms with Crippen molar-refractivity contribution in [2.45, 2.75) is 45.1 Å². The van der Waals surface area contributed by atoms with E-state index in [4.69, 9.17) is 5.73 Å². The highest BCUT2D eigenvalue weighted by Gasteiger charge is 2.38. The standard InChI is InChI=1S/C14H30N2S/c1-12(2)13-6-5-7-14(10-13,11-15)16(3)8-9-17-4/h12-13H,5-11,15H2,1-4H3. The summed E-state index contributed by atoms with van der Waals surface area (Å²) < 4.78 is 0. The third-order valence-electron chi connectivity index (χ3n) is 4.62. The summed E-state index contributed by atoms with van der Waals surface area (Å²) in [6.07, 6.45) is 7.52. The number of thioether (sulfide) groups is 1. The lowest BCUT2D eigenvalue weighted by Crippen LogP contribution is -2.55. The molecular weight excluding hydrogens is 228 g/mol. The molecule has 1 fully saturated rings. The number of nitrogens with zero attached hydrogens (tertiary/aromatic N) is 1. The lowest BCUT2D eigenvalue weighted by atomic mass is 9.71. The van der Waals surface area contributed by atoms with Crippen molar-refractivity contribution in [3.63, 3.8) is 0 Å². The van der Waals surface area contributed by atoms with Crippen molar-refractivity contribution in [1.29, 1.82) is 0 Å². The van der Waals surface area contributed by atoms with Gasteiger partial charge in [0.2, 0.25) is 0 Å². The third-order valence-corrected chi connectivity index (χ3v) is 5.21. The van der Waals surface area contributed by atoms with Crippen LogP contribution in [-0.2, 0) is 0 Å². The Balaban J connectivity index is 2.65. The van der Waals surface area contributed by atoms with Crippen LogP contribution in [0.3, 0.4) is 0 Å². The van der Waals surface area contributed by atoms with E-state index in [0.717, 1.165) is 18.4 Å². The molecule has 1 saturated carbocycles. The summed E-state index contributed by atoms with van der Waals surface area (Å²) in [6, 6.07) is 0. The van der Waals surface area contributed by atoms with Gasteiger partial charge in [0.05, 0.1) is 0 Å². The highest BCUT2D eigenvalue weighted by molar-refractivity contribution is 7.98. The molecule has 17 heavy (non-hydrogen) atoms. The average molecular weight is 258 g/mol. The zero-order valence-electron chi connectivity index (χ0n) is 12.0.